The summed E-state index contributed by atoms with van der Waals surface area (Å²) in [6.45, 7) is 6.65. The minimum absolute atomic E-state index is 0.0624. The third-order valence-electron chi connectivity index (χ3n) is 11.1. The van der Waals surface area contributed by atoms with Crippen LogP contribution < -0.4 is 0 Å². The van der Waals surface area contributed by atoms with Gasteiger partial charge in [0.2, 0.25) is 0 Å². The Hall–Kier alpha value is -1.59. The van der Waals surface area contributed by atoms with Gasteiger partial charge in [0, 0.05) is 19.3 Å². The van der Waals surface area contributed by atoms with E-state index in [1.165, 1.54) is 180 Å². The first-order valence-corrected chi connectivity index (χ1v) is 24.5. The van der Waals surface area contributed by atoms with E-state index in [9.17, 15) is 14.4 Å². The highest BCUT2D eigenvalue weighted by atomic mass is 16.6. The van der Waals surface area contributed by atoms with Gasteiger partial charge >= 0.3 is 17.9 Å². The summed E-state index contributed by atoms with van der Waals surface area (Å²) in [5.74, 6) is -0.848. The van der Waals surface area contributed by atoms with Crippen molar-refractivity contribution in [2.24, 2.45) is 0 Å². The van der Waals surface area contributed by atoms with E-state index < -0.39 is 6.10 Å². The zero-order valence-electron chi connectivity index (χ0n) is 37.2. The number of hydrogen-bond donors (Lipinski definition) is 0. The molecule has 6 nitrogen and oxygen atoms in total. The maximum Gasteiger partial charge on any atom is 0.306 e. The monoisotopic (exact) mass is 779 g/mol. The Balaban J connectivity index is 4.28. The molecule has 0 aromatic heterocycles. The Morgan fingerprint density at radius 1 is 0.291 bits per heavy atom. The van der Waals surface area contributed by atoms with E-state index in [1.807, 2.05) is 0 Å². The average molecular weight is 779 g/mol. The van der Waals surface area contributed by atoms with Crippen LogP contribution in [-0.4, -0.2) is 37.2 Å². The Labute approximate surface area is 342 Å². The lowest BCUT2D eigenvalue weighted by molar-refractivity contribution is -0.167. The Kier molecular flexibility index (Phi) is 43.8. The van der Waals surface area contributed by atoms with Gasteiger partial charge in [-0.15, -0.1) is 0 Å². The summed E-state index contributed by atoms with van der Waals surface area (Å²) in [4.78, 5) is 37.8. The molecular weight excluding hydrogens is 685 g/mol. The maximum absolute atomic E-state index is 12.7. The van der Waals surface area contributed by atoms with Crippen LogP contribution in [0.2, 0.25) is 0 Å². The van der Waals surface area contributed by atoms with Crippen molar-refractivity contribution in [3.05, 3.63) is 0 Å². The molecule has 0 unspecified atom stereocenters. The highest BCUT2D eigenvalue weighted by molar-refractivity contribution is 5.71. The molecule has 6 heteroatoms. The third kappa shape index (κ3) is 43.4. The molecule has 0 bridgehead atoms. The smallest absolute Gasteiger partial charge is 0.306 e. The first kappa shape index (κ1) is 53.4. The summed E-state index contributed by atoms with van der Waals surface area (Å²) in [5.41, 5.74) is 0. The van der Waals surface area contributed by atoms with Crippen molar-refractivity contribution in [1.29, 1.82) is 0 Å². The molecule has 0 N–H and O–H groups in total. The molecule has 0 saturated heterocycles. The molecule has 0 heterocycles. The second-order valence-electron chi connectivity index (χ2n) is 16.7. The summed E-state index contributed by atoms with van der Waals surface area (Å²) in [6, 6.07) is 0. The fraction of sp³-hybridized carbons (Fsp3) is 0.939. The maximum atomic E-state index is 12.7. The van der Waals surface area contributed by atoms with E-state index in [4.69, 9.17) is 14.2 Å². The normalized spacial score (nSPS) is 11.8. The van der Waals surface area contributed by atoms with Gasteiger partial charge in [0.1, 0.15) is 13.2 Å². The SMILES string of the molecule is CCCCCCCCCCCCCCCCCCC(=O)O[C@H](COC(=O)CCCCCCCCCCCC)COC(=O)CCCCCCCCCCCCC. The summed E-state index contributed by atoms with van der Waals surface area (Å²) in [7, 11) is 0. The molecule has 0 aromatic rings. The summed E-state index contributed by atoms with van der Waals surface area (Å²) in [5, 5.41) is 0. The van der Waals surface area contributed by atoms with Crippen molar-refractivity contribution in [1.82, 2.24) is 0 Å². The lowest BCUT2D eigenvalue weighted by Crippen LogP contribution is -2.30. The highest BCUT2D eigenvalue weighted by Gasteiger charge is 2.19. The van der Waals surface area contributed by atoms with E-state index in [-0.39, 0.29) is 31.1 Å². The van der Waals surface area contributed by atoms with Crippen LogP contribution in [0.4, 0.5) is 0 Å². The minimum atomic E-state index is -0.758. The van der Waals surface area contributed by atoms with Crippen LogP contribution in [0.3, 0.4) is 0 Å². The van der Waals surface area contributed by atoms with Gasteiger partial charge in [-0.2, -0.15) is 0 Å². The molecule has 0 aliphatic carbocycles. The highest BCUT2D eigenvalue weighted by Crippen LogP contribution is 2.16. The van der Waals surface area contributed by atoms with Crippen molar-refractivity contribution < 1.29 is 28.6 Å². The number of rotatable bonds is 45. The first-order chi connectivity index (χ1) is 27.0. The van der Waals surface area contributed by atoms with Crippen LogP contribution in [0.15, 0.2) is 0 Å². The fourth-order valence-electron chi connectivity index (χ4n) is 7.38. The van der Waals surface area contributed by atoms with Gasteiger partial charge in [-0.3, -0.25) is 14.4 Å². The second kappa shape index (κ2) is 45.1. The number of carbonyl (C=O) groups is 3. The van der Waals surface area contributed by atoms with Gasteiger partial charge in [-0.1, -0.05) is 239 Å². The van der Waals surface area contributed by atoms with E-state index in [2.05, 4.69) is 20.8 Å². The average Bonchev–Trinajstić information content (AvgIpc) is 3.18. The molecule has 0 aromatic carbocycles. The molecule has 0 saturated carbocycles. The largest absolute Gasteiger partial charge is 0.462 e. The first-order valence-electron chi connectivity index (χ1n) is 24.5. The van der Waals surface area contributed by atoms with Crippen LogP contribution in [0.1, 0.15) is 278 Å². The predicted octanol–water partition coefficient (Wildman–Crippen LogP) is 15.6. The van der Waals surface area contributed by atoms with Gasteiger partial charge in [-0.25, -0.2) is 0 Å². The minimum Gasteiger partial charge on any atom is -0.462 e. The zero-order valence-corrected chi connectivity index (χ0v) is 37.2. The molecule has 0 spiro atoms. The van der Waals surface area contributed by atoms with Gasteiger partial charge in [-0.05, 0) is 19.3 Å². The summed E-state index contributed by atoms with van der Waals surface area (Å²) in [6.07, 6.45) is 46.5. The number of hydrogen-bond acceptors (Lipinski definition) is 6. The zero-order chi connectivity index (χ0) is 40.1. The van der Waals surface area contributed by atoms with Crippen molar-refractivity contribution in [3.63, 3.8) is 0 Å². The molecule has 326 valence electrons. The molecule has 55 heavy (non-hydrogen) atoms. The van der Waals surface area contributed by atoms with E-state index in [0.29, 0.717) is 19.3 Å². The second-order valence-corrected chi connectivity index (χ2v) is 16.7. The van der Waals surface area contributed by atoms with E-state index >= 15 is 0 Å². The molecule has 0 aliphatic rings. The van der Waals surface area contributed by atoms with E-state index in [1.54, 1.807) is 0 Å². The predicted molar refractivity (Wildman–Crippen MR) is 233 cm³/mol. The lowest BCUT2D eigenvalue weighted by atomic mass is 10.0. The number of unbranched alkanes of at least 4 members (excludes halogenated alkanes) is 34. The van der Waals surface area contributed by atoms with Gasteiger partial charge in [0.25, 0.3) is 0 Å². The fourth-order valence-corrected chi connectivity index (χ4v) is 7.38. The summed E-state index contributed by atoms with van der Waals surface area (Å²) >= 11 is 0. The standard InChI is InChI=1S/C49H94O6/c1-4-7-10-13-16-19-22-23-24-25-26-28-31-34-37-40-43-49(52)55-46(44-53-47(50)41-38-35-32-29-21-18-15-12-9-6-3)45-54-48(51)42-39-36-33-30-27-20-17-14-11-8-5-2/h46H,4-45H2,1-3H3/t46-/m1/s1. The van der Waals surface area contributed by atoms with Crippen LogP contribution in [0.5, 0.6) is 0 Å². The van der Waals surface area contributed by atoms with Crippen molar-refractivity contribution >= 4 is 17.9 Å². The molecule has 0 amide bonds. The Bertz CT molecular complexity index is 813. The van der Waals surface area contributed by atoms with Crippen LogP contribution in [-0.2, 0) is 28.6 Å². The van der Waals surface area contributed by atoms with Crippen LogP contribution in [0.25, 0.3) is 0 Å². The molecule has 0 fully saturated rings. The number of ether oxygens (including phenoxy) is 3. The molecule has 0 radical (unpaired) electrons. The Morgan fingerprint density at radius 2 is 0.491 bits per heavy atom. The van der Waals surface area contributed by atoms with Gasteiger partial charge in [0.05, 0.1) is 0 Å². The topological polar surface area (TPSA) is 78.9 Å². The van der Waals surface area contributed by atoms with Crippen LogP contribution >= 0.6 is 0 Å². The molecule has 1 atom stereocenters. The quantitative estimate of drug-likeness (QED) is 0.0348. The molecule has 0 rings (SSSR count). The molecular formula is C49H94O6. The van der Waals surface area contributed by atoms with Gasteiger partial charge in [0.15, 0.2) is 6.10 Å². The van der Waals surface area contributed by atoms with E-state index in [0.717, 1.165) is 57.8 Å². The van der Waals surface area contributed by atoms with Gasteiger partial charge < -0.3 is 14.2 Å². The van der Waals surface area contributed by atoms with Crippen LogP contribution in [0, 0.1) is 0 Å². The van der Waals surface area contributed by atoms with Crippen molar-refractivity contribution in [3.8, 4) is 0 Å². The third-order valence-corrected chi connectivity index (χ3v) is 11.1. The van der Waals surface area contributed by atoms with Crippen molar-refractivity contribution in [2.75, 3.05) is 13.2 Å². The summed E-state index contributed by atoms with van der Waals surface area (Å²) < 4.78 is 16.7. The van der Waals surface area contributed by atoms with Crippen molar-refractivity contribution in [2.45, 2.75) is 284 Å². The lowest BCUT2D eigenvalue weighted by Gasteiger charge is -2.18. The molecule has 0 aliphatic heterocycles. The number of esters is 3. The number of carbonyl (C=O) groups excluding carboxylic acids is 3. The Morgan fingerprint density at radius 3 is 0.727 bits per heavy atom.